The molecule has 1 aromatic carbocycles. The second-order valence-corrected chi connectivity index (χ2v) is 8.44. The van der Waals surface area contributed by atoms with Crippen LogP contribution < -0.4 is 4.74 Å². The zero-order chi connectivity index (χ0) is 16.4. The van der Waals surface area contributed by atoms with E-state index in [4.69, 9.17) is 4.74 Å². The van der Waals surface area contributed by atoms with Gasteiger partial charge < -0.3 is 4.74 Å². The van der Waals surface area contributed by atoms with Crippen molar-refractivity contribution in [1.29, 1.82) is 0 Å². The molecule has 0 N–H and O–H groups in total. The van der Waals surface area contributed by atoms with Crippen molar-refractivity contribution < 1.29 is 9.53 Å². The lowest BCUT2D eigenvalue weighted by atomic mass is 9.50. The molecule has 4 atom stereocenters. The van der Waals surface area contributed by atoms with Crippen LogP contribution in [0.25, 0.3) is 0 Å². The van der Waals surface area contributed by atoms with E-state index in [1.54, 1.807) is 12.7 Å². The predicted molar refractivity (Wildman–Crippen MR) is 91.5 cm³/mol. The van der Waals surface area contributed by atoms with E-state index < -0.39 is 0 Å². The molecule has 4 rings (SSSR count). The van der Waals surface area contributed by atoms with Crippen LogP contribution in [0.3, 0.4) is 0 Å². The Hall–Kier alpha value is -1.57. The Balaban J connectivity index is 1.70. The maximum atomic E-state index is 12.8. The molecule has 0 unspecified atom stereocenters. The van der Waals surface area contributed by atoms with Gasteiger partial charge in [-0.1, -0.05) is 51.0 Å². The molecule has 0 aromatic heterocycles. The number of carbonyl (C=O) groups excluding carboxylic acids is 1. The molecule has 0 amide bonds. The predicted octanol–water partition coefficient (Wildman–Crippen LogP) is 4.75. The maximum Gasteiger partial charge on any atom is 0.147 e. The van der Waals surface area contributed by atoms with E-state index in [9.17, 15) is 4.79 Å². The van der Waals surface area contributed by atoms with Gasteiger partial charge in [0.05, 0.1) is 7.11 Å². The zero-order valence-corrected chi connectivity index (χ0v) is 14.6. The molecule has 2 heteroatoms. The monoisotopic (exact) mass is 310 g/mol. The summed E-state index contributed by atoms with van der Waals surface area (Å²) in [5.41, 5.74) is 3.16. The lowest BCUT2D eigenvalue weighted by molar-refractivity contribution is -0.138. The number of carbonyl (C=O) groups is 1. The van der Waals surface area contributed by atoms with E-state index >= 15 is 0 Å². The number of allylic oxidation sites excluding steroid dienone is 2. The summed E-state index contributed by atoms with van der Waals surface area (Å²) >= 11 is 0. The molecule has 2 fully saturated rings. The molecule has 0 heterocycles. The highest BCUT2D eigenvalue weighted by Gasteiger charge is 2.64. The topological polar surface area (TPSA) is 26.3 Å². The molecular formula is C21H26O2. The number of methoxy groups -OCH3 is 1. The zero-order valence-electron chi connectivity index (χ0n) is 14.6. The van der Waals surface area contributed by atoms with Gasteiger partial charge >= 0.3 is 0 Å². The van der Waals surface area contributed by atoms with Crippen molar-refractivity contribution >= 4 is 5.78 Å². The van der Waals surface area contributed by atoms with Gasteiger partial charge in [0.25, 0.3) is 0 Å². The summed E-state index contributed by atoms with van der Waals surface area (Å²) in [6, 6.07) is 8.11. The van der Waals surface area contributed by atoms with Crippen LogP contribution in [-0.2, 0) is 4.79 Å². The average Bonchev–Trinajstić information content (AvgIpc) is 2.79. The van der Waals surface area contributed by atoms with E-state index in [-0.39, 0.29) is 22.7 Å². The van der Waals surface area contributed by atoms with E-state index in [0.717, 1.165) is 11.3 Å². The van der Waals surface area contributed by atoms with Gasteiger partial charge in [0, 0.05) is 11.8 Å². The van der Waals surface area contributed by atoms with Crippen molar-refractivity contribution in [3.05, 3.63) is 41.5 Å². The van der Waals surface area contributed by atoms with Crippen LogP contribution in [-0.4, -0.2) is 12.9 Å². The van der Waals surface area contributed by atoms with Gasteiger partial charge in [-0.2, -0.15) is 0 Å². The number of ketones is 1. The molecule has 122 valence electrons. The van der Waals surface area contributed by atoms with E-state index in [0.29, 0.717) is 11.7 Å². The van der Waals surface area contributed by atoms with E-state index in [2.05, 4.69) is 39.0 Å². The van der Waals surface area contributed by atoms with Gasteiger partial charge in [0.2, 0.25) is 0 Å². The quantitative estimate of drug-likeness (QED) is 0.737. The molecule has 0 radical (unpaired) electrons. The number of Topliss-reactive ketones (excluding diaryl/α,β-unsaturated/α-hetero) is 1. The van der Waals surface area contributed by atoms with Crippen LogP contribution >= 0.6 is 0 Å². The number of hydrogen-bond acceptors (Lipinski definition) is 2. The van der Waals surface area contributed by atoms with Crippen molar-refractivity contribution in [2.75, 3.05) is 7.11 Å². The summed E-state index contributed by atoms with van der Waals surface area (Å²) < 4.78 is 5.25. The highest BCUT2D eigenvalue weighted by molar-refractivity contribution is 5.97. The number of ether oxygens (including phenoxy) is 1. The number of rotatable bonds is 2. The normalized spacial score (nSPS) is 37.5. The number of hydrogen-bond donors (Lipinski definition) is 0. The molecule has 0 spiro atoms. The maximum absolute atomic E-state index is 12.8. The first kappa shape index (κ1) is 15.0. The minimum Gasteiger partial charge on any atom is -0.497 e. The van der Waals surface area contributed by atoms with Gasteiger partial charge in [0.1, 0.15) is 11.5 Å². The summed E-state index contributed by atoms with van der Waals surface area (Å²) in [7, 11) is 1.68. The first-order valence-corrected chi connectivity index (χ1v) is 8.79. The van der Waals surface area contributed by atoms with Crippen molar-refractivity contribution in [3.63, 3.8) is 0 Å². The van der Waals surface area contributed by atoms with E-state index in [1.807, 2.05) is 12.1 Å². The van der Waals surface area contributed by atoms with Crippen LogP contribution in [0, 0.1) is 22.7 Å². The molecular weight excluding hydrogens is 284 g/mol. The molecule has 2 saturated carbocycles. The van der Waals surface area contributed by atoms with Crippen LogP contribution in [0.1, 0.15) is 51.5 Å². The van der Waals surface area contributed by atoms with Gasteiger partial charge in [-0.3, -0.25) is 4.79 Å². The third-order valence-electron chi connectivity index (χ3n) is 6.78. The molecule has 0 bridgehead atoms. The Morgan fingerprint density at radius 1 is 1.09 bits per heavy atom. The Morgan fingerprint density at radius 2 is 1.78 bits per heavy atom. The van der Waals surface area contributed by atoms with Crippen LogP contribution in [0.5, 0.6) is 5.75 Å². The Labute approximate surface area is 138 Å². The summed E-state index contributed by atoms with van der Waals surface area (Å²) in [5.74, 6) is 1.95. The van der Waals surface area contributed by atoms with E-state index in [1.165, 1.54) is 19.3 Å². The highest BCUT2D eigenvalue weighted by atomic mass is 16.5. The Bertz CT molecular complexity index is 682. The molecule has 23 heavy (non-hydrogen) atoms. The molecule has 3 aliphatic rings. The van der Waals surface area contributed by atoms with Crippen LogP contribution in [0.2, 0.25) is 0 Å². The van der Waals surface area contributed by atoms with Crippen molar-refractivity contribution in [3.8, 4) is 5.75 Å². The lowest BCUT2D eigenvalue weighted by Crippen LogP contribution is -2.50. The standard InChI is InChI=1S/C21H26O2/c1-20(2)10-5-11-21(3)16(20)12-15-18(21)17(19(15)22)13-6-8-14(23-4)9-7-13/h6-9,12,15,17-18H,5,10-11H2,1-4H3/t15-,17-,18+,21+/m1/s1. The largest absolute Gasteiger partial charge is 0.497 e. The summed E-state index contributed by atoms with van der Waals surface area (Å²) in [6.07, 6.45) is 6.08. The molecule has 0 saturated heterocycles. The first-order chi connectivity index (χ1) is 10.9. The molecule has 0 aliphatic heterocycles. The second kappa shape index (κ2) is 4.72. The lowest BCUT2D eigenvalue weighted by Gasteiger charge is -2.52. The van der Waals surface area contributed by atoms with Crippen LogP contribution in [0.15, 0.2) is 35.9 Å². The fourth-order valence-corrected chi connectivity index (χ4v) is 5.66. The molecule has 3 aliphatic carbocycles. The van der Waals surface area contributed by atoms with Crippen molar-refractivity contribution in [2.24, 2.45) is 22.7 Å². The van der Waals surface area contributed by atoms with Gasteiger partial charge in [0.15, 0.2) is 0 Å². The van der Waals surface area contributed by atoms with Gasteiger partial charge in [-0.15, -0.1) is 0 Å². The van der Waals surface area contributed by atoms with Gasteiger partial charge in [-0.05, 0) is 47.3 Å². The first-order valence-electron chi connectivity index (χ1n) is 8.79. The average molecular weight is 310 g/mol. The Kier molecular flexibility index (Phi) is 3.07. The Morgan fingerprint density at radius 3 is 2.43 bits per heavy atom. The summed E-state index contributed by atoms with van der Waals surface area (Å²) in [6.45, 7) is 7.12. The summed E-state index contributed by atoms with van der Waals surface area (Å²) in [5, 5.41) is 0. The third-order valence-corrected chi connectivity index (χ3v) is 6.78. The third kappa shape index (κ3) is 1.90. The number of fused-ring (bicyclic) bond motifs is 3. The number of benzene rings is 1. The van der Waals surface area contributed by atoms with Gasteiger partial charge in [-0.25, -0.2) is 0 Å². The molecule has 2 nitrogen and oxygen atoms in total. The summed E-state index contributed by atoms with van der Waals surface area (Å²) in [4.78, 5) is 12.8. The minimum absolute atomic E-state index is 0.0681. The minimum atomic E-state index is 0.0681. The molecule has 1 aromatic rings. The SMILES string of the molecule is COc1ccc([C@H]2C(=O)[C@@H]3C=C4C(C)(C)CCC[C@]4(C)[C@H]23)cc1. The second-order valence-electron chi connectivity index (χ2n) is 8.44. The van der Waals surface area contributed by atoms with Crippen molar-refractivity contribution in [1.82, 2.24) is 0 Å². The fourth-order valence-electron chi connectivity index (χ4n) is 5.66. The smallest absolute Gasteiger partial charge is 0.147 e. The van der Waals surface area contributed by atoms with Crippen LogP contribution in [0.4, 0.5) is 0 Å². The van der Waals surface area contributed by atoms with Crippen molar-refractivity contribution in [2.45, 2.75) is 46.0 Å². The highest BCUT2D eigenvalue weighted by Crippen LogP contribution is 2.68. The fraction of sp³-hybridized carbons (Fsp3) is 0.571.